The summed E-state index contributed by atoms with van der Waals surface area (Å²) < 4.78 is 27.8. The van der Waals surface area contributed by atoms with Gasteiger partial charge in [-0.25, -0.2) is 18.6 Å². The molecule has 0 fully saturated rings. The van der Waals surface area contributed by atoms with Gasteiger partial charge in [0.25, 0.3) is 5.91 Å². The van der Waals surface area contributed by atoms with E-state index in [2.05, 4.69) is 15.8 Å². The van der Waals surface area contributed by atoms with Gasteiger partial charge in [-0.05, 0) is 42.3 Å². The maximum atomic E-state index is 13.4. The lowest BCUT2D eigenvalue weighted by atomic mass is 10.1. The molecule has 0 saturated heterocycles. The molecule has 0 heterocycles. The van der Waals surface area contributed by atoms with E-state index < -0.39 is 28.4 Å². The highest BCUT2D eigenvalue weighted by Gasteiger charge is 2.26. The zero-order chi connectivity index (χ0) is 26.8. The van der Waals surface area contributed by atoms with E-state index in [9.17, 15) is 27.9 Å². The van der Waals surface area contributed by atoms with Crippen molar-refractivity contribution < 1.29 is 27.9 Å². The number of carboxylic acids is 1. The van der Waals surface area contributed by atoms with Crippen molar-refractivity contribution >= 4 is 39.7 Å². The number of sulfonamides is 1. The number of aromatic carboxylic acids is 1. The van der Waals surface area contributed by atoms with Crippen LogP contribution < -0.4 is 10.7 Å². The van der Waals surface area contributed by atoms with Crippen LogP contribution in [0.3, 0.4) is 0 Å². The van der Waals surface area contributed by atoms with Crippen molar-refractivity contribution in [1.82, 2.24) is 9.73 Å². The highest BCUT2D eigenvalue weighted by atomic mass is 32.2. The fourth-order valence-corrected chi connectivity index (χ4v) is 4.82. The van der Waals surface area contributed by atoms with Gasteiger partial charge < -0.3 is 10.4 Å². The van der Waals surface area contributed by atoms with Crippen molar-refractivity contribution in [3.05, 3.63) is 95.6 Å². The summed E-state index contributed by atoms with van der Waals surface area (Å²) >= 11 is 0. The van der Waals surface area contributed by atoms with Gasteiger partial charge in [-0.2, -0.15) is 9.41 Å². The molecule has 2 amide bonds. The number of nitrogens with zero attached hydrogens (tertiary/aromatic N) is 2. The lowest BCUT2D eigenvalue weighted by Gasteiger charge is -2.21. The number of hydrazone groups is 1. The first-order valence-electron chi connectivity index (χ1n) is 11.2. The third-order valence-electron chi connectivity index (χ3n) is 5.21. The minimum atomic E-state index is -4.08. The Balaban J connectivity index is 1.77. The number of amides is 2. The monoisotopic (exact) mass is 522 g/mol. The van der Waals surface area contributed by atoms with E-state index in [0.29, 0.717) is 12.1 Å². The van der Waals surface area contributed by atoms with E-state index in [1.807, 2.05) is 30.3 Å². The van der Waals surface area contributed by atoms with Crippen LogP contribution in [0.1, 0.15) is 28.4 Å². The normalized spacial score (nSPS) is 11.4. The molecule has 0 radical (unpaired) electrons. The standard InChI is InChI=1S/C26H26N4O6S/c1-19(31)28-22-11-13-23(14-12-22)37(35,36)30(16-15-20-7-3-2-4-8-20)18-25(32)29-27-17-21-9-5-6-10-24(21)26(33)34/h2-14,17H,15-16,18H2,1H3,(H,28,31)(H,29,32)(H,33,34)/b27-17-. The lowest BCUT2D eigenvalue weighted by molar-refractivity contribution is -0.121. The second-order valence-electron chi connectivity index (χ2n) is 7.97. The van der Waals surface area contributed by atoms with Crippen molar-refractivity contribution in [2.24, 2.45) is 5.10 Å². The predicted molar refractivity (Wildman–Crippen MR) is 139 cm³/mol. The highest BCUT2D eigenvalue weighted by molar-refractivity contribution is 7.89. The van der Waals surface area contributed by atoms with Gasteiger partial charge in [-0.3, -0.25) is 9.59 Å². The quantitative estimate of drug-likeness (QED) is 0.261. The van der Waals surface area contributed by atoms with E-state index in [1.165, 1.54) is 49.5 Å². The Morgan fingerprint density at radius 3 is 2.24 bits per heavy atom. The minimum Gasteiger partial charge on any atom is -0.478 e. The molecule has 3 N–H and O–H groups in total. The number of carbonyl (C=O) groups excluding carboxylic acids is 2. The molecule has 3 aromatic carbocycles. The largest absolute Gasteiger partial charge is 0.478 e. The van der Waals surface area contributed by atoms with Gasteiger partial charge in [-0.1, -0.05) is 48.5 Å². The summed E-state index contributed by atoms with van der Waals surface area (Å²) in [7, 11) is -4.08. The molecule has 0 atom stereocenters. The van der Waals surface area contributed by atoms with E-state index in [4.69, 9.17) is 0 Å². The Bertz CT molecular complexity index is 1390. The molecule has 0 aliphatic heterocycles. The molecule has 0 aliphatic rings. The molecule has 0 saturated carbocycles. The molecule has 3 rings (SSSR count). The van der Waals surface area contributed by atoms with E-state index in [0.717, 1.165) is 9.87 Å². The van der Waals surface area contributed by atoms with Crippen LogP contribution in [0.15, 0.2) is 88.9 Å². The fourth-order valence-electron chi connectivity index (χ4n) is 3.42. The van der Waals surface area contributed by atoms with Crippen molar-refractivity contribution in [1.29, 1.82) is 0 Å². The zero-order valence-electron chi connectivity index (χ0n) is 20.0. The van der Waals surface area contributed by atoms with E-state index >= 15 is 0 Å². The number of hydrogen-bond acceptors (Lipinski definition) is 6. The van der Waals surface area contributed by atoms with Crippen molar-refractivity contribution in [3.63, 3.8) is 0 Å². The molecule has 10 nitrogen and oxygen atoms in total. The van der Waals surface area contributed by atoms with Crippen LogP contribution in [0.5, 0.6) is 0 Å². The van der Waals surface area contributed by atoms with Crippen molar-refractivity contribution in [2.45, 2.75) is 18.2 Å². The smallest absolute Gasteiger partial charge is 0.336 e. The number of anilines is 1. The molecule has 0 spiro atoms. The van der Waals surface area contributed by atoms with Gasteiger partial charge in [-0.15, -0.1) is 0 Å². The zero-order valence-corrected chi connectivity index (χ0v) is 20.8. The molecule has 37 heavy (non-hydrogen) atoms. The van der Waals surface area contributed by atoms with Crippen LogP contribution >= 0.6 is 0 Å². The average molecular weight is 523 g/mol. The van der Waals surface area contributed by atoms with Gasteiger partial charge >= 0.3 is 5.97 Å². The van der Waals surface area contributed by atoms with Crippen LogP contribution in [0.25, 0.3) is 0 Å². The SMILES string of the molecule is CC(=O)Nc1ccc(S(=O)(=O)N(CCc2ccccc2)CC(=O)N/N=C\c2ccccc2C(=O)O)cc1. The maximum Gasteiger partial charge on any atom is 0.336 e. The summed E-state index contributed by atoms with van der Waals surface area (Å²) in [6, 6.07) is 21.0. The summed E-state index contributed by atoms with van der Waals surface area (Å²) in [5.74, 6) is -2.13. The molecular weight excluding hydrogens is 496 g/mol. The molecule has 11 heteroatoms. The van der Waals surface area contributed by atoms with E-state index in [-0.39, 0.29) is 28.5 Å². The molecule has 0 unspecified atom stereocenters. The Labute approximate surface area is 214 Å². The third-order valence-corrected chi connectivity index (χ3v) is 7.07. The molecule has 0 aliphatic carbocycles. The number of rotatable bonds is 11. The number of nitrogens with one attached hydrogen (secondary N) is 2. The fraction of sp³-hybridized carbons (Fsp3) is 0.154. The first-order valence-corrected chi connectivity index (χ1v) is 12.7. The second kappa shape index (κ2) is 12.6. The first kappa shape index (κ1) is 27.2. The summed E-state index contributed by atoms with van der Waals surface area (Å²) in [4.78, 5) is 35.2. The molecule has 3 aromatic rings. The van der Waals surface area contributed by atoms with Crippen molar-refractivity contribution in [2.75, 3.05) is 18.4 Å². The molecule has 0 bridgehead atoms. The Hall–Kier alpha value is -4.35. The molecule has 0 aromatic heterocycles. The second-order valence-corrected chi connectivity index (χ2v) is 9.90. The number of benzene rings is 3. The molecular formula is C26H26N4O6S. The average Bonchev–Trinajstić information content (AvgIpc) is 2.87. The maximum absolute atomic E-state index is 13.4. The van der Waals surface area contributed by atoms with Gasteiger partial charge in [0.05, 0.1) is 23.2 Å². The Morgan fingerprint density at radius 1 is 0.946 bits per heavy atom. The Morgan fingerprint density at radius 2 is 1.59 bits per heavy atom. The lowest BCUT2D eigenvalue weighted by Crippen LogP contribution is -2.40. The first-order chi connectivity index (χ1) is 17.7. The van der Waals surface area contributed by atoms with Crippen LogP contribution in [-0.2, 0) is 26.0 Å². The summed E-state index contributed by atoms with van der Waals surface area (Å²) in [5.41, 5.74) is 3.89. The van der Waals surface area contributed by atoms with Crippen molar-refractivity contribution in [3.8, 4) is 0 Å². The minimum absolute atomic E-state index is 0.00951. The van der Waals surface area contributed by atoms with Crippen LogP contribution in [0, 0.1) is 0 Å². The van der Waals surface area contributed by atoms with E-state index in [1.54, 1.807) is 12.1 Å². The van der Waals surface area contributed by atoms with Gasteiger partial charge in [0.2, 0.25) is 15.9 Å². The predicted octanol–water partition coefficient (Wildman–Crippen LogP) is 2.73. The topological polar surface area (TPSA) is 145 Å². The Kier molecular flexibility index (Phi) is 9.25. The van der Waals surface area contributed by atoms with Gasteiger partial charge in [0.1, 0.15) is 0 Å². The highest BCUT2D eigenvalue weighted by Crippen LogP contribution is 2.19. The summed E-state index contributed by atoms with van der Waals surface area (Å²) in [6.07, 6.45) is 1.55. The number of carboxylic acid groups (broad SMARTS) is 1. The van der Waals surface area contributed by atoms with Crippen LogP contribution in [0.2, 0.25) is 0 Å². The third kappa shape index (κ3) is 7.82. The number of hydrogen-bond donors (Lipinski definition) is 3. The van der Waals surface area contributed by atoms with Gasteiger partial charge in [0, 0.05) is 24.7 Å². The summed E-state index contributed by atoms with van der Waals surface area (Å²) in [5, 5.41) is 15.6. The number of carbonyl (C=O) groups is 3. The van der Waals surface area contributed by atoms with Crippen LogP contribution in [-0.4, -0.2) is 54.9 Å². The van der Waals surface area contributed by atoms with Crippen LogP contribution in [0.4, 0.5) is 5.69 Å². The summed E-state index contributed by atoms with van der Waals surface area (Å²) in [6.45, 7) is 0.858. The van der Waals surface area contributed by atoms with Gasteiger partial charge in [0.15, 0.2) is 0 Å². The molecule has 192 valence electrons.